The summed E-state index contributed by atoms with van der Waals surface area (Å²) < 4.78 is 25.4. The summed E-state index contributed by atoms with van der Waals surface area (Å²) >= 11 is 13.6. The number of amides is 2. The molecule has 0 saturated carbocycles. The molecule has 2 rings (SSSR count). The van der Waals surface area contributed by atoms with Crippen LogP contribution < -0.4 is 10.6 Å². The topological polar surface area (TPSA) is 95.6 Å². The molecule has 168 valence electrons. The third-order valence-corrected chi connectivity index (χ3v) is 8.04. The minimum atomic E-state index is -3.22. The van der Waals surface area contributed by atoms with Gasteiger partial charge in [-0.2, -0.15) is 11.8 Å². The average Bonchev–Trinajstić information content (AvgIpc) is 2.71. The highest BCUT2D eigenvalue weighted by Gasteiger charge is 2.29. The van der Waals surface area contributed by atoms with E-state index in [1.54, 1.807) is 24.8 Å². The first kappa shape index (κ1) is 25.3. The van der Waals surface area contributed by atoms with Crippen LogP contribution in [0.25, 0.3) is 0 Å². The van der Waals surface area contributed by atoms with Gasteiger partial charge in [0.25, 0.3) is 5.91 Å². The van der Waals surface area contributed by atoms with E-state index in [0.29, 0.717) is 43.1 Å². The van der Waals surface area contributed by atoms with Crippen LogP contribution in [0.2, 0.25) is 10.0 Å². The van der Waals surface area contributed by atoms with Crippen LogP contribution in [0.3, 0.4) is 0 Å². The molecule has 0 aliphatic carbocycles. The molecule has 1 aromatic rings. The van der Waals surface area contributed by atoms with E-state index < -0.39 is 22.0 Å². The van der Waals surface area contributed by atoms with Gasteiger partial charge in [-0.15, -0.1) is 0 Å². The molecule has 1 aliphatic rings. The van der Waals surface area contributed by atoms with Gasteiger partial charge in [0.2, 0.25) is 15.9 Å². The van der Waals surface area contributed by atoms with Gasteiger partial charge < -0.3 is 10.6 Å². The molecule has 1 heterocycles. The Kier molecular flexibility index (Phi) is 9.74. The van der Waals surface area contributed by atoms with Crippen molar-refractivity contribution in [1.82, 2.24) is 14.9 Å². The molecule has 2 amide bonds. The van der Waals surface area contributed by atoms with Gasteiger partial charge in [0.05, 0.1) is 16.3 Å². The smallest absolute Gasteiger partial charge is 0.253 e. The number of sulfonamides is 1. The van der Waals surface area contributed by atoms with Crippen LogP contribution in [0.1, 0.15) is 36.5 Å². The Morgan fingerprint density at radius 3 is 2.50 bits per heavy atom. The fourth-order valence-corrected chi connectivity index (χ4v) is 5.27. The summed E-state index contributed by atoms with van der Waals surface area (Å²) in [5, 5.41) is 6.36. The normalized spacial score (nSPS) is 16.8. The van der Waals surface area contributed by atoms with Crippen LogP contribution in [0, 0.1) is 0 Å². The fourth-order valence-electron chi connectivity index (χ4n) is 3.18. The van der Waals surface area contributed by atoms with Gasteiger partial charge in [-0.25, -0.2) is 12.7 Å². The molecule has 0 spiro atoms. The van der Waals surface area contributed by atoms with E-state index in [1.807, 2.05) is 6.26 Å². The van der Waals surface area contributed by atoms with Gasteiger partial charge >= 0.3 is 0 Å². The monoisotopic (exact) mass is 495 g/mol. The van der Waals surface area contributed by atoms with Crippen LogP contribution in [0.5, 0.6) is 0 Å². The molecule has 1 atom stereocenters. The van der Waals surface area contributed by atoms with Gasteiger partial charge in [0, 0.05) is 24.2 Å². The van der Waals surface area contributed by atoms with E-state index >= 15 is 0 Å². The van der Waals surface area contributed by atoms with E-state index in [1.165, 1.54) is 16.4 Å². The average molecular weight is 496 g/mol. The number of hydrogen-bond donors (Lipinski definition) is 2. The minimum absolute atomic E-state index is 0.0695. The Morgan fingerprint density at radius 1 is 1.27 bits per heavy atom. The molecule has 1 aliphatic heterocycles. The summed E-state index contributed by atoms with van der Waals surface area (Å²) in [5.41, 5.74) is 0.251. The number of carbonyl (C=O) groups excluding carboxylic acids is 2. The lowest BCUT2D eigenvalue weighted by atomic mass is 10.1. The van der Waals surface area contributed by atoms with Crippen molar-refractivity contribution in [2.45, 2.75) is 38.3 Å². The van der Waals surface area contributed by atoms with E-state index in [4.69, 9.17) is 23.2 Å². The first-order chi connectivity index (χ1) is 14.2. The van der Waals surface area contributed by atoms with Gasteiger partial charge in [-0.05, 0) is 56.4 Å². The summed E-state index contributed by atoms with van der Waals surface area (Å²) in [6.07, 6.45) is 3.47. The van der Waals surface area contributed by atoms with Crippen molar-refractivity contribution in [3.63, 3.8) is 0 Å². The zero-order chi connectivity index (χ0) is 22.3. The number of nitrogens with one attached hydrogen (secondary N) is 2. The Balaban J connectivity index is 1.99. The van der Waals surface area contributed by atoms with Crippen molar-refractivity contribution < 1.29 is 18.0 Å². The molecule has 30 heavy (non-hydrogen) atoms. The fraction of sp³-hybridized carbons (Fsp3) is 0.579. The molecule has 0 bridgehead atoms. The summed E-state index contributed by atoms with van der Waals surface area (Å²) in [5.74, 6) is 0.0426. The largest absolute Gasteiger partial charge is 0.351 e. The first-order valence-corrected chi connectivity index (χ1v) is 13.5. The van der Waals surface area contributed by atoms with Crippen LogP contribution in [-0.4, -0.2) is 67.5 Å². The van der Waals surface area contributed by atoms with E-state index in [2.05, 4.69) is 10.6 Å². The molecule has 0 aromatic heterocycles. The lowest BCUT2D eigenvalue weighted by Crippen LogP contribution is -2.53. The maximum atomic E-state index is 12.8. The third kappa shape index (κ3) is 7.02. The van der Waals surface area contributed by atoms with Gasteiger partial charge in [0.15, 0.2) is 0 Å². The van der Waals surface area contributed by atoms with E-state index in [0.717, 1.165) is 0 Å². The molecular weight excluding hydrogens is 469 g/mol. The molecule has 1 fully saturated rings. The predicted octanol–water partition coefficient (Wildman–Crippen LogP) is 2.78. The Labute approximate surface area is 192 Å². The third-order valence-electron chi connectivity index (χ3n) is 4.97. The highest BCUT2D eigenvalue weighted by molar-refractivity contribution is 7.98. The second kappa shape index (κ2) is 11.6. The van der Waals surface area contributed by atoms with Crippen molar-refractivity contribution in [1.29, 1.82) is 0 Å². The number of piperidine rings is 1. The standard InChI is InChI=1S/C19H27Cl2N3O4S2/c1-3-30(27,28)24-9-6-14(7-10-24)22-19(26)17(8-11-29-2)23-18(25)15-5-4-13(20)12-16(15)21/h4-5,12,14,17H,3,6-11H2,1-2H3,(H,22,26)(H,23,25). The van der Waals surface area contributed by atoms with Gasteiger partial charge in [-0.3, -0.25) is 9.59 Å². The van der Waals surface area contributed by atoms with Crippen molar-refractivity contribution in [2.24, 2.45) is 0 Å². The maximum absolute atomic E-state index is 12.8. The summed E-state index contributed by atoms with van der Waals surface area (Å²) in [7, 11) is -3.22. The minimum Gasteiger partial charge on any atom is -0.351 e. The molecule has 1 saturated heterocycles. The maximum Gasteiger partial charge on any atom is 0.253 e. The number of thioether (sulfide) groups is 1. The van der Waals surface area contributed by atoms with Crippen LogP contribution in [0.4, 0.5) is 0 Å². The Morgan fingerprint density at radius 2 is 1.93 bits per heavy atom. The highest BCUT2D eigenvalue weighted by Crippen LogP contribution is 2.21. The number of nitrogens with zero attached hydrogens (tertiary/aromatic N) is 1. The first-order valence-electron chi connectivity index (χ1n) is 9.71. The second-order valence-corrected chi connectivity index (χ2v) is 11.1. The SMILES string of the molecule is CCS(=O)(=O)N1CCC(NC(=O)C(CCSC)NC(=O)c2ccc(Cl)cc2Cl)CC1. The highest BCUT2D eigenvalue weighted by atomic mass is 35.5. The van der Waals surface area contributed by atoms with Crippen molar-refractivity contribution >= 4 is 56.8 Å². The molecule has 11 heteroatoms. The van der Waals surface area contributed by atoms with Crippen LogP contribution in [0.15, 0.2) is 18.2 Å². The predicted molar refractivity (Wildman–Crippen MR) is 123 cm³/mol. The summed E-state index contributed by atoms with van der Waals surface area (Å²) in [4.78, 5) is 25.5. The van der Waals surface area contributed by atoms with Gasteiger partial charge in [-0.1, -0.05) is 23.2 Å². The zero-order valence-corrected chi connectivity index (χ0v) is 20.1. The lowest BCUT2D eigenvalue weighted by molar-refractivity contribution is -0.124. The van der Waals surface area contributed by atoms with Crippen molar-refractivity contribution in [3.05, 3.63) is 33.8 Å². The van der Waals surface area contributed by atoms with Crippen molar-refractivity contribution in [3.8, 4) is 0 Å². The summed E-state index contributed by atoms with van der Waals surface area (Å²) in [6.45, 7) is 2.38. The molecule has 1 aromatic carbocycles. The molecule has 7 nitrogen and oxygen atoms in total. The molecule has 2 N–H and O–H groups in total. The van der Waals surface area contributed by atoms with Crippen molar-refractivity contribution in [2.75, 3.05) is 30.9 Å². The molecule has 0 radical (unpaired) electrons. The number of benzene rings is 1. The second-order valence-electron chi connectivity index (χ2n) is 7.01. The van der Waals surface area contributed by atoms with Crippen LogP contribution >= 0.6 is 35.0 Å². The van der Waals surface area contributed by atoms with E-state index in [-0.39, 0.29) is 28.3 Å². The molecule has 1 unspecified atom stereocenters. The van der Waals surface area contributed by atoms with Crippen LogP contribution in [-0.2, 0) is 14.8 Å². The number of halogens is 2. The quantitative estimate of drug-likeness (QED) is 0.548. The number of hydrogen-bond acceptors (Lipinski definition) is 5. The zero-order valence-electron chi connectivity index (χ0n) is 17.0. The van der Waals surface area contributed by atoms with E-state index in [9.17, 15) is 18.0 Å². The molecular formula is C19H27Cl2N3O4S2. The number of rotatable bonds is 9. The van der Waals surface area contributed by atoms with Gasteiger partial charge in [0.1, 0.15) is 6.04 Å². The Hall–Kier alpha value is -1.000. The Bertz CT molecular complexity index is 859. The summed E-state index contributed by atoms with van der Waals surface area (Å²) in [6, 6.07) is 3.72. The lowest BCUT2D eigenvalue weighted by Gasteiger charge is -2.32. The number of carbonyl (C=O) groups is 2.